The van der Waals surface area contributed by atoms with Gasteiger partial charge in [-0.15, -0.1) is 0 Å². The minimum Gasteiger partial charge on any atom is -0.414 e. The molecule has 0 heterocycles. The van der Waals surface area contributed by atoms with E-state index in [1.165, 1.54) is 12.8 Å². The Balaban J connectivity index is 1.97. The fourth-order valence-corrected chi connectivity index (χ4v) is 3.54. The molecule has 0 aromatic heterocycles. The van der Waals surface area contributed by atoms with Crippen molar-refractivity contribution in [1.82, 2.24) is 0 Å². The van der Waals surface area contributed by atoms with E-state index in [0.717, 1.165) is 18.4 Å². The molecule has 3 rings (SSSR count). The van der Waals surface area contributed by atoms with Gasteiger partial charge in [0.2, 0.25) is 0 Å². The van der Waals surface area contributed by atoms with Gasteiger partial charge in [0, 0.05) is 0 Å². The maximum atomic E-state index is 6.03. The SMILES string of the molecule is CC1(C)C2CC=C(CO[Si](C)(C)C)C1C2. The van der Waals surface area contributed by atoms with Crippen molar-refractivity contribution in [2.45, 2.75) is 46.3 Å². The first-order valence-corrected chi connectivity index (χ1v) is 9.54. The smallest absolute Gasteiger partial charge is 0.184 e. The summed E-state index contributed by atoms with van der Waals surface area (Å²) in [4.78, 5) is 0. The van der Waals surface area contributed by atoms with Gasteiger partial charge in [0.15, 0.2) is 8.32 Å². The molecule has 0 aromatic rings. The van der Waals surface area contributed by atoms with E-state index in [4.69, 9.17) is 4.43 Å². The van der Waals surface area contributed by atoms with Crippen LogP contribution in [-0.4, -0.2) is 14.9 Å². The number of hydrogen-bond donors (Lipinski definition) is 0. The molecule has 2 heteroatoms. The maximum Gasteiger partial charge on any atom is 0.184 e. The third kappa shape index (κ3) is 2.07. The minimum absolute atomic E-state index is 0.548. The summed E-state index contributed by atoms with van der Waals surface area (Å²) in [7, 11) is -1.34. The third-order valence-electron chi connectivity index (χ3n) is 4.25. The molecular weight excluding hydrogens is 200 g/mol. The van der Waals surface area contributed by atoms with Crippen LogP contribution < -0.4 is 0 Å². The van der Waals surface area contributed by atoms with Crippen molar-refractivity contribution in [2.24, 2.45) is 17.3 Å². The van der Waals surface area contributed by atoms with Crippen LogP contribution in [-0.2, 0) is 4.43 Å². The number of fused-ring (bicyclic) bond motifs is 1. The average Bonchev–Trinajstić information content (AvgIpc) is 2.13. The summed E-state index contributed by atoms with van der Waals surface area (Å²) in [5.74, 6) is 1.76. The van der Waals surface area contributed by atoms with Crippen LogP contribution >= 0.6 is 0 Å². The van der Waals surface area contributed by atoms with E-state index in [1.54, 1.807) is 5.57 Å². The lowest BCUT2D eigenvalue weighted by Crippen LogP contribution is -2.49. The fourth-order valence-electron chi connectivity index (χ4n) is 2.94. The van der Waals surface area contributed by atoms with Gasteiger partial charge < -0.3 is 4.43 Å². The average molecular weight is 224 g/mol. The van der Waals surface area contributed by atoms with E-state index >= 15 is 0 Å². The Kier molecular flexibility index (Phi) is 2.63. The van der Waals surface area contributed by atoms with Crippen LogP contribution in [0, 0.1) is 17.3 Å². The normalized spacial score (nSPS) is 33.3. The molecule has 2 unspecified atom stereocenters. The quantitative estimate of drug-likeness (QED) is 0.523. The van der Waals surface area contributed by atoms with Crippen molar-refractivity contribution < 1.29 is 4.43 Å². The molecule has 0 amide bonds. The Morgan fingerprint density at radius 2 is 2.07 bits per heavy atom. The van der Waals surface area contributed by atoms with Crippen LogP contribution in [0.2, 0.25) is 19.6 Å². The highest BCUT2D eigenvalue weighted by Gasteiger charge is 2.51. The summed E-state index contributed by atoms with van der Waals surface area (Å²) < 4.78 is 6.03. The molecule has 0 saturated heterocycles. The zero-order valence-electron chi connectivity index (χ0n) is 10.8. The van der Waals surface area contributed by atoms with Crippen LogP contribution in [0.15, 0.2) is 11.6 Å². The molecule has 2 atom stereocenters. The molecule has 2 bridgehead atoms. The first-order chi connectivity index (χ1) is 6.81. The van der Waals surface area contributed by atoms with Gasteiger partial charge in [0.25, 0.3) is 0 Å². The van der Waals surface area contributed by atoms with Gasteiger partial charge in [-0.05, 0) is 55.3 Å². The standard InChI is InChI=1S/C13H24OSi/c1-13(2)11-7-6-10(12(13)8-11)9-14-15(3,4)5/h6,11-12H,7-9H2,1-5H3. The van der Waals surface area contributed by atoms with Gasteiger partial charge in [-0.1, -0.05) is 19.9 Å². The van der Waals surface area contributed by atoms with Crippen molar-refractivity contribution >= 4 is 8.32 Å². The van der Waals surface area contributed by atoms with E-state index < -0.39 is 8.32 Å². The number of allylic oxidation sites excluding steroid dienone is 1. The molecule has 0 aliphatic heterocycles. The van der Waals surface area contributed by atoms with Crippen molar-refractivity contribution in [3.05, 3.63) is 11.6 Å². The van der Waals surface area contributed by atoms with Crippen molar-refractivity contribution in [3.8, 4) is 0 Å². The Labute approximate surface area is 95.0 Å². The van der Waals surface area contributed by atoms with Crippen molar-refractivity contribution in [2.75, 3.05) is 6.61 Å². The Morgan fingerprint density at radius 3 is 2.53 bits per heavy atom. The Morgan fingerprint density at radius 1 is 1.40 bits per heavy atom. The second-order valence-corrected chi connectivity index (χ2v) is 11.2. The van der Waals surface area contributed by atoms with Gasteiger partial charge in [-0.2, -0.15) is 0 Å². The predicted octanol–water partition coefficient (Wildman–Crippen LogP) is 3.83. The summed E-state index contributed by atoms with van der Waals surface area (Å²) in [6, 6.07) is 0. The van der Waals surface area contributed by atoms with Gasteiger partial charge in [0.1, 0.15) is 0 Å². The number of rotatable bonds is 3. The van der Waals surface area contributed by atoms with Crippen LogP contribution in [0.4, 0.5) is 0 Å². The highest BCUT2D eigenvalue weighted by atomic mass is 28.4. The summed E-state index contributed by atoms with van der Waals surface area (Å²) in [5.41, 5.74) is 2.14. The zero-order valence-corrected chi connectivity index (χ0v) is 11.8. The fraction of sp³-hybridized carbons (Fsp3) is 0.846. The molecular formula is C13H24OSi. The van der Waals surface area contributed by atoms with Gasteiger partial charge in [-0.3, -0.25) is 0 Å². The third-order valence-corrected chi connectivity index (χ3v) is 5.26. The molecule has 1 fully saturated rings. The monoisotopic (exact) mass is 224 g/mol. The first-order valence-electron chi connectivity index (χ1n) is 6.13. The van der Waals surface area contributed by atoms with E-state index in [9.17, 15) is 0 Å². The molecule has 86 valence electrons. The lowest BCUT2D eigenvalue weighted by atomic mass is 9.49. The highest BCUT2D eigenvalue weighted by Crippen LogP contribution is 2.59. The predicted molar refractivity (Wildman–Crippen MR) is 67.4 cm³/mol. The molecule has 15 heavy (non-hydrogen) atoms. The van der Waals surface area contributed by atoms with Crippen molar-refractivity contribution in [3.63, 3.8) is 0 Å². The van der Waals surface area contributed by atoms with Gasteiger partial charge >= 0.3 is 0 Å². The minimum atomic E-state index is -1.34. The molecule has 3 aliphatic rings. The van der Waals surface area contributed by atoms with Gasteiger partial charge in [-0.25, -0.2) is 0 Å². The summed E-state index contributed by atoms with van der Waals surface area (Å²) in [6.45, 7) is 12.6. The lowest BCUT2D eigenvalue weighted by molar-refractivity contribution is -0.0118. The van der Waals surface area contributed by atoms with Crippen LogP contribution in [0.5, 0.6) is 0 Å². The number of hydrogen-bond acceptors (Lipinski definition) is 1. The second kappa shape index (κ2) is 3.46. The van der Waals surface area contributed by atoms with E-state index in [-0.39, 0.29) is 0 Å². The van der Waals surface area contributed by atoms with Crippen LogP contribution in [0.1, 0.15) is 26.7 Å². The molecule has 1 saturated carbocycles. The largest absolute Gasteiger partial charge is 0.414 e. The molecule has 0 spiro atoms. The molecule has 0 radical (unpaired) electrons. The summed E-state index contributed by atoms with van der Waals surface area (Å²) in [6.07, 6.45) is 5.14. The second-order valence-electron chi connectivity index (χ2n) is 6.72. The van der Waals surface area contributed by atoms with E-state index in [0.29, 0.717) is 5.41 Å². The molecule has 3 aliphatic carbocycles. The molecule has 0 aromatic carbocycles. The topological polar surface area (TPSA) is 9.23 Å². The molecule has 1 nitrogen and oxygen atoms in total. The summed E-state index contributed by atoms with van der Waals surface area (Å²) >= 11 is 0. The highest BCUT2D eigenvalue weighted by molar-refractivity contribution is 6.69. The lowest BCUT2D eigenvalue weighted by Gasteiger charge is -2.56. The zero-order chi connectivity index (χ0) is 11.3. The maximum absolute atomic E-state index is 6.03. The van der Waals surface area contributed by atoms with E-state index in [1.807, 2.05) is 0 Å². The molecule has 0 N–H and O–H groups in total. The first kappa shape index (κ1) is 11.4. The van der Waals surface area contributed by atoms with Crippen molar-refractivity contribution in [1.29, 1.82) is 0 Å². The van der Waals surface area contributed by atoms with Crippen LogP contribution in [0.25, 0.3) is 0 Å². The Bertz CT molecular complexity index is 285. The van der Waals surface area contributed by atoms with Gasteiger partial charge in [0.05, 0.1) is 6.61 Å². The van der Waals surface area contributed by atoms with Crippen LogP contribution in [0.3, 0.4) is 0 Å². The summed E-state index contributed by atoms with van der Waals surface area (Å²) in [5, 5.41) is 0. The Hall–Kier alpha value is -0.0831. The van der Waals surface area contributed by atoms with E-state index in [2.05, 4.69) is 39.6 Å².